The molecule has 1 amide bonds. The maximum absolute atomic E-state index is 12.7. The molecule has 2 unspecified atom stereocenters. The van der Waals surface area contributed by atoms with Crippen molar-refractivity contribution >= 4 is 21.7 Å². The van der Waals surface area contributed by atoms with Crippen molar-refractivity contribution in [2.45, 2.75) is 49.1 Å². The number of aliphatic carboxylic acids is 1. The van der Waals surface area contributed by atoms with Crippen molar-refractivity contribution < 1.29 is 27.9 Å². The summed E-state index contributed by atoms with van der Waals surface area (Å²) < 4.78 is 30.6. The van der Waals surface area contributed by atoms with Gasteiger partial charge in [0.15, 0.2) is 9.84 Å². The Morgan fingerprint density at radius 2 is 1.85 bits per heavy atom. The second-order valence-electron chi connectivity index (χ2n) is 6.45. The summed E-state index contributed by atoms with van der Waals surface area (Å²) in [6, 6.07) is 8.41. The summed E-state index contributed by atoms with van der Waals surface area (Å²) in [7, 11) is -3.63. The smallest absolute Gasteiger partial charge is 0.303 e. The number of hydrogen-bond acceptors (Lipinski definition) is 5. The van der Waals surface area contributed by atoms with Crippen LogP contribution in [-0.2, 0) is 24.2 Å². The summed E-state index contributed by atoms with van der Waals surface area (Å²) in [6.07, 6.45) is 0.845. The molecule has 1 aliphatic rings. The summed E-state index contributed by atoms with van der Waals surface area (Å²) in [6.45, 7) is 2.15. The van der Waals surface area contributed by atoms with Crippen molar-refractivity contribution in [1.82, 2.24) is 5.32 Å². The van der Waals surface area contributed by atoms with Gasteiger partial charge < -0.3 is 15.2 Å². The van der Waals surface area contributed by atoms with Crippen LogP contribution in [0.25, 0.3) is 0 Å². The van der Waals surface area contributed by atoms with E-state index in [1.54, 1.807) is 24.3 Å². The van der Waals surface area contributed by atoms with E-state index in [2.05, 4.69) is 5.32 Å². The third kappa shape index (κ3) is 5.28. The van der Waals surface area contributed by atoms with Gasteiger partial charge in [-0.25, -0.2) is 8.42 Å². The number of carboxylic acids is 1. The van der Waals surface area contributed by atoms with Crippen LogP contribution < -0.4 is 5.32 Å². The van der Waals surface area contributed by atoms with Crippen LogP contribution in [0.5, 0.6) is 0 Å². The van der Waals surface area contributed by atoms with Gasteiger partial charge in [0, 0.05) is 19.6 Å². The summed E-state index contributed by atoms with van der Waals surface area (Å²) in [4.78, 5) is 23.5. The maximum Gasteiger partial charge on any atom is 0.303 e. The average molecular weight is 383 g/mol. The van der Waals surface area contributed by atoms with Crippen LogP contribution in [0.15, 0.2) is 30.3 Å². The summed E-state index contributed by atoms with van der Waals surface area (Å²) in [5.41, 5.74) is 0.748. The van der Waals surface area contributed by atoms with Gasteiger partial charge in [0.2, 0.25) is 5.91 Å². The molecular formula is C18H25NO6S. The number of sulfone groups is 1. The molecule has 1 saturated heterocycles. The Morgan fingerprint density at radius 3 is 2.42 bits per heavy atom. The standard InChI is InChI=1S/C18H25NO6S/c1-13(26(23,24)15-9-11-25-12-10-15)18(22)19-16(7-8-17(20)21)14-5-3-2-4-6-14/h2-6,13,15-16H,7-12H2,1H3,(H,19,22)(H,20,21). The zero-order valence-corrected chi connectivity index (χ0v) is 15.6. The van der Waals surface area contributed by atoms with E-state index in [0.717, 1.165) is 5.56 Å². The number of benzene rings is 1. The second kappa shape index (κ2) is 9.14. The van der Waals surface area contributed by atoms with Crippen molar-refractivity contribution in [3.63, 3.8) is 0 Å². The van der Waals surface area contributed by atoms with Crippen molar-refractivity contribution in [1.29, 1.82) is 0 Å². The summed E-state index contributed by atoms with van der Waals surface area (Å²) in [5, 5.41) is 9.88. The Labute approximate surface area is 153 Å². The highest BCUT2D eigenvalue weighted by Gasteiger charge is 2.37. The summed E-state index contributed by atoms with van der Waals surface area (Å²) >= 11 is 0. The Balaban J connectivity index is 2.10. The van der Waals surface area contributed by atoms with E-state index < -0.39 is 38.3 Å². The van der Waals surface area contributed by atoms with Gasteiger partial charge in [0.1, 0.15) is 5.25 Å². The molecule has 1 heterocycles. The molecule has 0 bridgehead atoms. The monoisotopic (exact) mass is 383 g/mol. The fraction of sp³-hybridized carbons (Fsp3) is 0.556. The molecule has 8 heteroatoms. The Hall–Kier alpha value is -1.93. The molecule has 1 aromatic carbocycles. The topological polar surface area (TPSA) is 110 Å². The highest BCUT2D eigenvalue weighted by Crippen LogP contribution is 2.23. The van der Waals surface area contributed by atoms with Gasteiger partial charge >= 0.3 is 5.97 Å². The SMILES string of the molecule is CC(C(=O)NC(CCC(=O)O)c1ccccc1)S(=O)(=O)C1CCOCC1. The molecular weight excluding hydrogens is 358 g/mol. The van der Waals surface area contributed by atoms with Crippen LogP contribution in [0.2, 0.25) is 0 Å². The second-order valence-corrected chi connectivity index (χ2v) is 9.00. The first-order valence-corrected chi connectivity index (χ1v) is 10.3. The van der Waals surface area contributed by atoms with Crippen molar-refractivity contribution in [3.8, 4) is 0 Å². The van der Waals surface area contributed by atoms with Crippen LogP contribution in [0.3, 0.4) is 0 Å². The lowest BCUT2D eigenvalue weighted by Gasteiger charge is -2.26. The molecule has 2 rings (SSSR count). The predicted molar refractivity (Wildman–Crippen MR) is 96.4 cm³/mol. The molecule has 0 spiro atoms. The molecule has 1 aliphatic heterocycles. The quantitative estimate of drug-likeness (QED) is 0.707. The Morgan fingerprint density at radius 1 is 1.23 bits per heavy atom. The number of carbonyl (C=O) groups excluding carboxylic acids is 1. The van der Waals surface area contributed by atoms with Crippen molar-refractivity contribution in [3.05, 3.63) is 35.9 Å². The minimum absolute atomic E-state index is 0.124. The van der Waals surface area contributed by atoms with E-state index in [4.69, 9.17) is 9.84 Å². The zero-order valence-electron chi connectivity index (χ0n) is 14.8. The largest absolute Gasteiger partial charge is 0.481 e. The normalized spacial score (nSPS) is 18.0. The molecule has 1 fully saturated rings. The van der Waals surface area contributed by atoms with Gasteiger partial charge in [0.25, 0.3) is 0 Å². The first-order chi connectivity index (χ1) is 12.3. The predicted octanol–water partition coefficient (Wildman–Crippen LogP) is 1.69. The molecule has 2 atom stereocenters. The highest BCUT2D eigenvalue weighted by molar-refractivity contribution is 7.93. The lowest BCUT2D eigenvalue weighted by Crippen LogP contribution is -2.44. The number of carboxylic acid groups (broad SMARTS) is 1. The molecule has 0 aliphatic carbocycles. The van der Waals surface area contributed by atoms with Gasteiger partial charge in [-0.3, -0.25) is 9.59 Å². The minimum Gasteiger partial charge on any atom is -0.481 e. The van der Waals surface area contributed by atoms with Crippen LogP contribution in [0.1, 0.15) is 44.2 Å². The van der Waals surface area contributed by atoms with Gasteiger partial charge in [-0.1, -0.05) is 30.3 Å². The van der Waals surface area contributed by atoms with E-state index in [0.29, 0.717) is 26.1 Å². The van der Waals surface area contributed by atoms with Crippen LogP contribution in [0.4, 0.5) is 0 Å². The number of nitrogens with one attached hydrogen (secondary N) is 1. The van der Waals surface area contributed by atoms with E-state index in [1.165, 1.54) is 6.92 Å². The molecule has 26 heavy (non-hydrogen) atoms. The molecule has 0 saturated carbocycles. The number of ether oxygens (including phenoxy) is 1. The maximum atomic E-state index is 12.7. The van der Waals surface area contributed by atoms with Crippen LogP contribution in [-0.4, -0.2) is 49.1 Å². The van der Waals surface area contributed by atoms with E-state index in [-0.39, 0.29) is 12.8 Å². The summed E-state index contributed by atoms with van der Waals surface area (Å²) in [5.74, 6) is -1.57. The van der Waals surface area contributed by atoms with Gasteiger partial charge in [-0.05, 0) is 31.7 Å². The van der Waals surface area contributed by atoms with E-state index in [9.17, 15) is 18.0 Å². The number of carbonyl (C=O) groups is 2. The first-order valence-electron chi connectivity index (χ1n) is 8.70. The van der Waals surface area contributed by atoms with E-state index in [1.807, 2.05) is 6.07 Å². The fourth-order valence-corrected chi connectivity index (χ4v) is 4.80. The fourth-order valence-electron chi connectivity index (χ4n) is 3.01. The van der Waals surface area contributed by atoms with Gasteiger partial charge in [-0.2, -0.15) is 0 Å². The Kier molecular flexibility index (Phi) is 7.16. The zero-order chi connectivity index (χ0) is 19.2. The average Bonchev–Trinajstić information content (AvgIpc) is 2.65. The third-order valence-electron chi connectivity index (χ3n) is 4.66. The van der Waals surface area contributed by atoms with E-state index >= 15 is 0 Å². The Bertz CT molecular complexity index is 712. The minimum atomic E-state index is -3.63. The molecule has 0 aromatic heterocycles. The molecule has 1 aromatic rings. The first kappa shape index (κ1) is 20.4. The lowest BCUT2D eigenvalue weighted by atomic mass is 10.0. The van der Waals surface area contributed by atoms with Crippen LogP contribution in [0, 0.1) is 0 Å². The number of amides is 1. The van der Waals surface area contributed by atoms with Gasteiger partial charge in [-0.15, -0.1) is 0 Å². The van der Waals surface area contributed by atoms with Crippen LogP contribution >= 0.6 is 0 Å². The molecule has 2 N–H and O–H groups in total. The molecule has 0 radical (unpaired) electrons. The van der Waals surface area contributed by atoms with Crippen molar-refractivity contribution in [2.75, 3.05) is 13.2 Å². The third-order valence-corrected chi connectivity index (χ3v) is 7.26. The van der Waals surface area contributed by atoms with Gasteiger partial charge in [0.05, 0.1) is 11.3 Å². The highest BCUT2D eigenvalue weighted by atomic mass is 32.2. The van der Waals surface area contributed by atoms with Crippen molar-refractivity contribution in [2.24, 2.45) is 0 Å². The molecule has 144 valence electrons. The molecule has 7 nitrogen and oxygen atoms in total. The lowest BCUT2D eigenvalue weighted by molar-refractivity contribution is -0.137. The number of hydrogen-bond donors (Lipinski definition) is 2. The number of rotatable bonds is 8.